The normalized spacial score (nSPS) is 19.4. The fraction of sp³-hybridized carbons (Fsp3) is 0.400. The van der Waals surface area contributed by atoms with Crippen LogP contribution in [-0.2, 0) is 22.4 Å². The number of fused-ring (bicyclic) bond motifs is 1. The van der Waals surface area contributed by atoms with Crippen molar-refractivity contribution in [1.82, 2.24) is 19.8 Å². The first-order valence-electron chi connectivity index (χ1n) is 11.8. The number of nitrogens with one attached hydrogen (secondary N) is 1. The SMILES string of the molecule is NC(=O)N1CCC2(CC1)Cc1cc(/C=C/C(=O)N3CC=C(Cc4nccs4)CC3)cnc1NC2=O. The van der Waals surface area contributed by atoms with E-state index in [1.807, 2.05) is 22.5 Å². The Bertz CT molecular complexity index is 1200. The third-order valence-electron chi connectivity index (χ3n) is 7.16. The number of amides is 4. The molecule has 0 bridgehead atoms. The Hall–Kier alpha value is -3.53. The maximum absolute atomic E-state index is 12.8. The first-order chi connectivity index (χ1) is 16.9. The summed E-state index contributed by atoms with van der Waals surface area (Å²) >= 11 is 1.65. The molecule has 0 aromatic carbocycles. The molecule has 35 heavy (non-hydrogen) atoms. The van der Waals surface area contributed by atoms with Gasteiger partial charge in [-0.15, -0.1) is 11.3 Å². The van der Waals surface area contributed by atoms with Gasteiger partial charge >= 0.3 is 6.03 Å². The van der Waals surface area contributed by atoms with Crippen LogP contribution in [0, 0.1) is 5.41 Å². The van der Waals surface area contributed by atoms with E-state index in [0.717, 1.165) is 29.0 Å². The number of nitrogens with zero attached hydrogens (tertiary/aromatic N) is 4. The van der Waals surface area contributed by atoms with Crippen LogP contribution in [0.25, 0.3) is 6.08 Å². The Morgan fingerprint density at radius 1 is 1.20 bits per heavy atom. The van der Waals surface area contributed by atoms with Gasteiger partial charge in [-0.2, -0.15) is 0 Å². The molecular weight excluding hydrogens is 464 g/mol. The number of pyridine rings is 1. The molecule has 0 atom stereocenters. The molecule has 2 aromatic rings. The molecule has 3 N–H and O–H groups in total. The van der Waals surface area contributed by atoms with Crippen molar-refractivity contribution in [3.63, 3.8) is 0 Å². The molecule has 3 aliphatic rings. The van der Waals surface area contributed by atoms with Crippen LogP contribution >= 0.6 is 11.3 Å². The highest BCUT2D eigenvalue weighted by atomic mass is 32.1. The molecule has 0 aliphatic carbocycles. The molecule has 5 heterocycles. The second kappa shape index (κ2) is 9.61. The van der Waals surface area contributed by atoms with Crippen molar-refractivity contribution in [1.29, 1.82) is 0 Å². The van der Waals surface area contributed by atoms with Gasteiger partial charge in [-0.3, -0.25) is 9.59 Å². The number of aromatic nitrogens is 2. The summed E-state index contributed by atoms with van der Waals surface area (Å²) in [7, 11) is 0. The number of piperidine rings is 1. The summed E-state index contributed by atoms with van der Waals surface area (Å²) in [5.74, 6) is 0.485. The van der Waals surface area contributed by atoms with Crippen LogP contribution in [0.3, 0.4) is 0 Å². The number of primary amides is 1. The van der Waals surface area contributed by atoms with Crippen LogP contribution in [0.15, 0.2) is 41.6 Å². The van der Waals surface area contributed by atoms with Gasteiger partial charge in [-0.05, 0) is 49.0 Å². The number of carbonyl (C=O) groups is 3. The number of hydrogen-bond donors (Lipinski definition) is 2. The molecule has 5 rings (SSSR count). The zero-order chi connectivity index (χ0) is 24.4. The Morgan fingerprint density at radius 3 is 2.71 bits per heavy atom. The monoisotopic (exact) mass is 492 g/mol. The molecule has 3 aliphatic heterocycles. The summed E-state index contributed by atoms with van der Waals surface area (Å²) in [5, 5.41) is 6.02. The molecule has 182 valence electrons. The van der Waals surface area contributed by atoms with Crippen LogP contribution in [0.4, 0.5) is 10.6 Å². The number of thiazole rings is 1. The topological polar surface area (TPSA) is 122 Å². The summed E-state index contributed by atoms with van der Waals surface area (Å²) < 4.78 is 0. The number of nitrogens with two attached hydrogens (primary N) is 1. The van der Waals surface area contributed by atoms with Crippen molar-refractivity contribution in [2.24, 2.45) is 11.1 Å². The van der Waals surface area contributed by atoms with Crippen molar-refractivity contribution >= 4 is 41.1 Å². The third-order valence-corrected chi connectivity index (χ3v) is 7.94. The Morgan fingerprint density at radius 2 is 2.03 bits per heavy atom. The van der Waals surface area contributed by atoms with E-state index >= 15 is 0 Å². The first kappa shape index (κ1) is 23.2. The second-order valence-corrected chi connectivity index (χ2v) is 10.3. The maximum atomic E-state index is 12.8. The minimum atomic E-state index is -0.560. The molecule has 1 saturated heterocycles. The van der Waals surface area contributed by atoms with E-state index in [-0.39, 0.29) is 11.8 Å². The van der Waals surface area contributed by atoms with Crippen molar-refractivity contribution in [3.8, 4) is 0 Å². The Labute approximate surface area is 207 Å². The fourth-order valence-electron chi connectivity index (χ4n) is 4.99. The maximum Gasteiger partial charge on any atom is 0.314 e. The minimum Gasteiger partial charge on any atom is -0.351 e. The van der Waals surface area contributed by atoms with Gasteiger partial charge in [0.15, 0.2) is 0 Å². The van der Waals surface area contributed by atoms with E-state index < -0.39 is 11.4 Å². The lowest BCUT2D eigenvalue weighted by atomic mass is 9.71. The highest BCUT2D eigenvalue weighted by Crippen LogP contribution is 2.41. The van der Waals surface area contributed by atoms with Crippen molar-refractivity contribution in [2.45, 2.75) is 32.1 Å². The van der Waals surface area contributed by atoms with Gasteiger partial charge in [0.1, 0.15) is 5.82 Å². The average molecular weight is 493 g/mol. The third kappa shape index (κ3) is 4.97. The molecule has 10 heteroatoms. The fourth-order valence-corrected chi connectivity index (χ4v) is 5.66. The van der Waals surface area contributed by atoms with E-state index in [2.05, 4.69) is 21.4 Å². The average Bonchev–Trinajstić information content (AvgIpc) is 3.37. The van der Waals surface area contributed by atoms with E-state index in [0.29, 0.717) is 51.3 Å². The van der Waals surface area contributed by atoms with E-state index in [1.54, 1.807) is 34.6 Å². The number of anilines is 1. The Kier molecular flexibility index (Phi) is 6.38. The van der Waals surface area contributed by atoms with Crippen LogP contribution in [-0.4, -0.2) is 63.8 Å². The van der Waals surface area contributed by atoms with Gasteiger partial charge in [0.25, 0.3) is 0 Å². The van der Waals surface area contributed by atoms with Gasteiger partial charge in [0.05, 0.1) is 10.4 Å². The minimum absolute atomic E-state index is 0.0316. The highest BCUT2D eigenvalue weighted by Gasteiger charge is 2.45. The standard InChI is InChI=1S/C25H28N6O3S/c26-24(34)31-10-5-25(6-11-31)15-19-13-18(16-28-22(19)29-23(25)33)1-2-21(32)30-8-3-17(4-9-30)14-20-27-7-12-35-20/h1-3,7,12-13,16H,4-6,8-11,14-15H2,(H2,26,34)(H,28,29,33)/b2-1+. The van der Waals surface area contributed by atoms with Crippen LogP contribution in [0.5, 0.6) is 0 Å². The zero-order valence-electron chi connectivity index (χ0n) is 19.4. The number of hydrogen-bond acceptors (Lipinski definition) is 6. The lowest BCUT2D eigenvalue weighted by Crippen LogP contribution is -2.52. The Balaban J connectivity index is 1.22. The van der Waals surface area contributed by atoms with E-state index in [4.69, 9.17) is 5.73 Å². The molecule has 1 fully saturated rings. The quantitative estimate of drug-likeness (QED) is 0.502. The van der Waals surface area contributed by atoms with Crippen LogP contribution < -0.4 is 11.1 Å². The lowest BCUT2D eigenvalue weighted by molar-refractivity contribution is -0.128. The molecule has 9 nitrogen and oxygen atoms in total. The van der Waals surface area contributed by atoms with Crippen molar-refractivity contribution in [3.05, 3.63) is 57.7 Å². The molecule has 0 unspecified atom stereocenters. The molecule has 2 aromatic heterocycles. The zero-order valence-corrected chi connectivity index (χ0v) is 20.2. The molecule has 0 saturated carbocycles. The first-order valence-corrected chi connectivity index (χ1v) is 12.7. The van der Waals surface area contributed by atoms with Gasteiger partial charge in [0, 0.05) is 56.4 Å². The summed E-state index contributed by atoms with van der Waals surface area (Å²) in [6.45, 7) is 2.23. The smallest absolute Gasteiger partial charge is 0.314 e. The van der Waals surface area contributed by atoms with Gasteiger partial charge in [0.2, 0.25) is 11.8 Å². The molecule has 1 spiro atoms. The van der Waals surface area contributed by atoms with Gasteiger partial charge in [-0.1, -0.05) is 11.6 Å². The number of likely N-dealkylation sites (tertiary alicyclic amines) is 1. The van der Waals surface area contributed by atoms with Crippen molar-refractivity contribution < 1.29 is 14.4 Å². The number of urea groups is 1. The van der Waals surface area contributed by atoms with Crippen LogP contribution in [0.1, 0.15) is 35.4 Å². The van der Waals surface area contributed by atoms with E-state index in [1.165, 1.54) is 5.57 Å². The lowest BCUT2D eigenvalue weighted by Gasteiger charge is -2.42. The number of rotatable bonds is 4. The predicted molar refractivity (Wildman–Crippen MR) is 134 cm³/mol. The second-order valence-electron chi connectivity index (χ2n) is 9.35. The molecule has 0 radical (unpaired) electrons. The molecule has 4 amide bonds. The van der Waals surface area contributed by atoms with Gasteiger partial charge < -0.3 is 20.9 Å². The highest BCUT2D eigenvalue weighted by molar-refractivity contribution is 7.09. The van der Waals surface area contributed by atoms with Gasteiger partial charge in [-0.25, -0.2) is 14.8 Å². The van der Waals surface area contributed by atoms with Crippen molar-refractivity contribution in [2.75, 3.05) is 31.5 Å². The largest absolute Gasteiger partial charge is 0.351 e. The summed E-state index contributed by atoms with van der Waals surface area (Å²) in [5.41, 5.74) is 7.92. The summed E-state index contributed by atoms with van der Waals surface area (Å²) in [6, 6.07) is 1.53. The summed E-state index contributed by atoms with van der Waals surface area (Å²) in [6.07, 6.45) is 12.4. The summed E-state index contributed by atoms with van der Waals surface area (Å²) in [4.78, 5) is 49.2. The molecular formula is C25H28N6O3S. The van der Waals surface area contributed by atoms with Crippen LogP contribution in [0.2, 0.25) is 0 Å². The number of carbonyl (C=O) groups excluding carboxylic acids is 3. The van der Waals surface area contributed by atoms with E-state index in [9.17, 15) is 14.4 Å². The predicted octanol–water partition coefficient (Wildman–Crippen LogP) is 2.61.